The summed E-state index contributed by atoms with van der Waals surface area (Å²) in [6.45, 7) is 0. The van der Waals surface area contributed by atoms with E-state index in [-0.39, 0.29) is 5.75 Å². The Balaban J connectivity index is 2.56. The summed E-state index contributed by atoms with van der Waals surface area (Å²) < 4.78 is 0.721. The minimum Gasteiger partial charge on any atom is -0.506 e. The molecule has 0 aromatic heterocycles. The van der Waals surface area contributed by atoms with Crippen LogP contribution in [0.2, 0.25) is 0 Å². The molecule has 84 valence electrons. The molecule has 0 saturated heterocycles. The van der Waals surface area contributed by atoms with Crippen LogP contribution in [0.3, 0.4) is 0 Å². The highest BCUT2D eigenvalue weighted by molar-refractivity contribution is 9.10. The van der Waals surface area contributed by atoms with Crippen LogP contribution >= 0.6 is 15.9 Å². The largest absolute Gasteiger partial charge is 0.506 e. The van der Waals surface area contributed by atoms with Gasteiger partial charge in [-0.15, -0.1) is 0 Å². The summed E-state index contributed by atoms with van der Waals surface area (Å²) in [5, 5.41) is 18.8. The third-order valence-electron chi connectivity index (χ3n) is 3.19. The highest BCUT2D eigenvalue weighted by Crippen LogP contribution is 2.36. The Labute approximate surface area is 104 Å². The molecule has 2 rings (SSSR count). The first-order chi connectivity index (χ1) is 7.74. The molecule has 3 heteroatoms. The maximum absolute atomic E-state index is 9.98. The normalized spacial score (nSPS) is 15.0. The van der Waals surface area contributed by atoms with E-state index in [1.54, 1.807) is 0 Å². The standard InChI is InChI=1S/C13H14BrNO/c14-12-8-9-4-2-1-3-5-10(9)11(6-7-15)13(12)16/h8,16H,1-6H2. The van der Waals surface area contributed by atoms with Crippen molar-refractivity contribution in [2.24, 2.45) is 0 Å². The lowest BCUT2D eigenvalue weighted by atomic mass is 9.95. The zero-order valence-corrected chi connectivity index (χ0v) is 10.7. The van der Waals surface area contributed by atoms with E-state index in [0.29, 0.717) is 6.42 Å². The molecule has 0 amide bonds. The number of halogens is 1. The third-order valence-corrected chi connectivity index (χ3v) is 3.80. The van der Waals surface area contributed by atoms with E-state index in [2.05, 4.69) is 22.0 Å². The fourth-order valence-electron chi connectivity index (χ4n) is 2.39. The summed E-state index contributed by atoms with van der Waals surface area (Å²) >= 11 is 3.36. The van der Waals surface area contributed by atoms with Crippen LogP contribution in [0, 0.1) is 11.3 Å². The summed E-state index contributed by atoms with van der Waals surface area (Å²) in [5.74, 6) is 0.252. The molecular weight excluding hydrogens is 266 g/mol. The van der Waals surface area contributed by atoms with E-state index in [0.717, 1.165) is 29.3 Å². The minimum atomic E-state index is 0.252. The first-order valence-corrected chi connectivity index (χ1v) is 6.42. The molecule has 0 unspecified atom stereocenters. The van der Waals surface area contributed by atoms with E-state index in [9.17, 15) is 5.11 Å². The van der Waals surface area contributed by atoms with E-state index in [1.165, 1.54) is 24.0 Å². The average molecular weight is 280 g/mol. The summed E-state index contributed by atoms with van der Waals surface area (Å²) in [4.78, 5) is 0. The van der Waals surface area contributed by atoms with Crippen LogP contribution < -0.4 is 0 Å². The molecule has 0 saturated carbocycles. The molecule has 16 heavy (non-hydrogen) atoms. The van der Waals surface area contributed by atoms with Crippen LogP contribution in [0.5, 0.6) is 5.75 Å². The highest BCUT2D eigenvalue weighted by Gasteiger charge is 2.17. The molecule has 0 radical (unpaired) electrons. The number of nitrogens with zero attached hydrogens (tertiary/aromatic N) is 1. The Morgan fingerprint density at radius 3 is 2.81 bits per heavy atom. The predicted octanol–water partition coefficient (Wildman–Crippen LogP) is 3.49. The maximum atomic E-state index is 9.98. The number of phenols is 1. The van der Waals surface area contributed by atoms with E-state index in [4.69, 9.17) is 5.26 Å². The fraction of sp³-hybridized carbons (Fsp3) is 0.462. The number of aromatic hydroxyl groups is 1. The van der Waals surface area contributed by atoms with Crippen molar-refractivity contribution in [3.05, 3.63) is 27.2 Å². The fourth-order valence-corrected chi connectivity index (χ4v) is 2.90. The van der Waals surface area contributed by atoms with E-state index >= 15 is 0 Å². The number of rotatable bonds is 1. The van der Waals surface area contributed by atoms with Gasteiger partial charge >= 0.3 is 0 Å². The smallest absolute Gasteiger partial charge is 0.134 e. The predicted molar refractivity (Wildman–Crippen MR) is 66.4 cm³/mol. The molecule has 1 N–H and O–H groups in total. The van der Waals surface area contributed by atoms with Gasteiger partial charge in [0, 0.05) is 5.56 Å². The molecule has 0 atom stereocenters. The van der Waals surface area contributed by atoms with Crippen LogP contribution in [-0.4, -0.2) is 5.11 Å². The summed E-state index contributed by atoms with van der Waals surface area (Å²) in [6.07, 6.45) is 5.95. The SMILES string of the molecule is N#CCc1c(O)c(Br)cc2c1CCCCC2. The van der Waals surface area contributed by atoms with Gasteiger partial charge in [-0.2, -0.15) is 5.26 Å². The van der Waals surface area contributed by atoms with Gasteiger partial charge in [-0.1, -0.05) is 6.42 Å². The number of hydrogen-bond donors (Lipinski definition) is 1. The first-order valence-electron chi connectivity index (χ1n) is 5.63. The molecule has 0 spiro atoms. The third kappa shape index (κ3) is 2.08. The van der Waals surface area contributed by atoms with Crippen LogP contribution in [0.15, 0.2) is 10.5 Å². The zero-order valence-electron chi connectivity index (χ0n) is 9.09. The number of aryl methyl sites for hydroxylation is 1. The molecule has 1 aromatic rings. The monoisotopic (exact) mass is 279 g/mol. The zero-order chi connectivity index (χ0) is 11.5. The lowest BCUT2D eigenvalue weighted by molar-refractivity contribution is 0.465. The molecule has 0 bridgehead atoms. The van der Waals surface area contributed by atoms with Crippen molar-refractivity contribution < 1.29 is 5.11 Å². The van der Waals surface area contributed by atoms with Gasteiger partial charge in [0.15, 0.2) is 0 Å². The minimum absolute atomic E-state index is 0.252. The Morgan fingerprint density at radius 2 is 2.06 bits per heavy atom. The van der Waals surface area contributed by atoms with Gasteiger partial charge in [-0.05, 0) is 58.8 Å². The van der Waals surface area contributed by atoms with Gasteiger partial charge in [0.2, 0.25) is 0 Å². The van der Waals surface area contributed by atoms with Crippen molar-refractivity contribution in [2.75, 3.05) is 0 Å². The maximum Gasteiger partial charge on any atom is 0.134 e. The van der Waals surface area contributed by atoms with Gasteiger partial charge in [-0.3, -0.25) is 0 Å². The second-order valence-corrected chi connectivity index (χ2v) is 5.07. The number of hydrogen-bond acceptors (Lipinski definition) is 2. The van der Waals surface area contributed by atoms with Crippen LogP contribution in [0.1, 0.15) is 36.0 Å². The first kappa shape index (κ1) is 11.5. The number of fused-ring (bicyclic) bond motifs is 1. The van der Waals surface area contributed by atoms with Crippen molar-refractivity contribution in [2.45, 2.75) is 38.5 Å². The summed E-state index contributed by atoms with van der Waals surface area (Å²) in [5.41, 5.74) is 3.33. The average Bonchev–Trinajstić information content (AvgIpc) is 2.50. The molecular formula is C13H14BrNO. The topological polar surface area (TPSA) is 44.0 Å². The molecule has 0 aliphatic heterocycles. The second-order valence-electron chi connectivity index (χ2n) is 4.22. The molecule has 1 aromatic carbocycles. The van der Waals surface area contributed by atoms with E-state index < -0.39 is 0 Å². The van der Waals surface area contributed by atoms with Crippen LogP contribution in [-0.2, 0) is 19.3 Å². The molecule has 0 fully saturated rings. The van der Waals surface area contributed by atoms with Crippen molar-refractivity contribution in [1.82, 2.24) is 0 Å². The number of nitriles is 1. The molecule has 1 aliphatic carbocycles. The molecule has 2 nitrogen and oxygen atoms in total. The van der Waals surface area contributed by atoms with Crippen molar-refractivity contribution in [1.29, 1.82) is 5.26 Å². The number of benzene rings is 1. The Kier molecular flexibility index (Phi) is 3.50. The molecule has 0 heterocycles. The van der Waals surface area contributed by atoms with Crippen molar-refractivity contribution in [3.63, 3.8) is 0 Å². The van der Waals surface area contributed by atoms with Gasteiger partial charge in [0.1, 0.15) is 5.75 Å². The quantitative estimate of drug-likeness (QED) is 0.800. The van der Waals surface area contributed by atoms with Crippen LogP contribution in [0.25, 0.3) is 0 Å². The molecule has 1 aliphatic rings. The second kappa shape index (κ2) is 4.88. The number of phenolic OH excluding ortho intramolecular Hbond substituents is 1. The van der Waals surface area contributed by atoms with Gasteiger partial charge in [0.05, 0.1) is 17.0 Å². The lowest BCUT2D eigenvalue weighted by Crippen LogP contribution is -1.99. The van der Waals surface area contributed by atoms with Crippen molar-refractivity contribution >= 4 is 15.9 Å². The van der Waals surface area contributed by atoms with Gasteiger partial charge in [-0.25, -0.2) is 0 Å². The van der Waals surface area contributed by atoms with Gasteiger partial charge < -0.3 is 5.11 Å². The summed E-state index contributed by atoms with van der Waals surface area (Å²) in [6, 6.07) is 4.15. The Bertz CT molecular complexity index is 448. The van der Waals surface area contributed by atoms with Gasteiger partial charge in [0.25, 0.3) is 0 Å². The highest BCUT2D eigenvalue weighted by atomic mass is 79.9. The van der Waals surface area contributed by atoms with Crippen LogP contribution in [0.4, 0.5) is 0 Å². The Morgan fingerprint density at radius 1 is 1.31 bits per heavy atom. The van der Waals surface area contributed by atoms with E-state index in [1.807, 2.05) is 6.07 Å². The lowest BCUT2D eigenvalue weighted by Gasteiger charge is -2.13. The summed E-state index contributed by atoms with van der Waals surface area (Å²) in [7, 11) is 0. The Hall–Kier alpha value is -1.01. The van der Waals surface area contributed by atoms with Crippen molar-refractivity contribution in [3.8, 4) is 11.8 Å².